The van der Waals surface area contributed by atoms with Gasteiger partial charge in [-0.25, -0.2) is 15.2 Å². The van der Waals surface area contributed by atoms with Crippen LogP contribution in [0.2, 0.25) is 0 Å². The van der Waals surface area contributed by atoms with Gasteiger partial charge in [0.1, 0.15) is 6.54 Å². The van der Waals surface area contributed by atoms with E-state index >= 15 is 0 Å². The summed E-state index contributed by atoms with van der Waals surface area (Å²) < 4.78 is 14.3. The smallest absolute Gasteiger partial charge is 0.332 e. The number of nitrogens with one attached hydrogen (secondary N) is 1. The fraction of sp³-hybridized carbons (Fsp3) is 0.316. The first-order valence-corrected chi connectivity index (χ1v) is 9.11. The highest BCUT2D eigenvalue weighted by molar-refractivity contribution is 5.83. The number of carbonyl (C=O) groups is 1. The first kappa shape index (κ1) is 20.8. The summed E-state index contributed by atoms with van der Waals surface area (Å²) in [5.74, 6) is 0.710. The highest BCUT2D eigenvalue weighted by Gasteiger charge is 2.15. The van der Waals surface area contributed by atoms with Gasteiger partial charge in [0.05, 0.1) is 26.3 Å². The minimum Gasteiger partial charge on any atom is -0.493 e. The van der Waals surface area contributed by atoms with Crippen LogP contribution < -0.4 is 26.1 Å². The molecule has 0 radical (unpaired) electrons. The van der Waals surface area contributed by atoms with Crippen LogP contribution in [0.5, 0.6) is 11.5 Å². The first-order valence-electron chi connectivity index (χ1n) is 9.11. The fourth-order valence-corrected chi connectivity index (χ4v) is 2.92. The number of ether oxygens (including phenoxy) is 2. The third kappa shape index (κ3) is 3.95. The molecule has 158 valence electrons. The van der Waals surface area contributed by atoms with Gasteiger partial charge < -0.3 is 14.0 Å². The second-order valence-electron chi connectivity index (χ2n) is 6.39. The lowest BCUT2D eigenvalue weighted by molar-refractivity contribution is -0.121. The van der Waals surface area contributed by atoms with Gasteiger partial charge in [-0.2, -0.15) is 5.10 Å². The van der Waals surface area contributed by atoms with Crippen LogP contribution >= 0.6 is 0 Å². The molecule has 2 aromatic heterocycles. The topological polar surface area (TPSA) is 122 Å². The van der Waals surface area contributed by atoms with Crippen LogP contribution in [0.3, 0.4) is 0 Å². The number of nitrogens with zero attached hydrogens (tertiary/aromatic N) is 5. The predicted molar refractivity (Wildman–Crippen MR) is 110 cm³/mol. The van der Waals surface area contributed by atoms with Gasteiger partial charge >= 0.3 is 5.69 Å². The molecule has 0 spiro atoms. The Kier molecular flexibility index (Phi) is 6.00. The number of hydrogen-bond acceptors (Lipinski definition) is 7. The molecule has 1 aromatic carbocycles. The monoisotopic (exact) mass is 414 g/mol. The fourth-order valence-electron chi connectivity index (χ4n) is 2.92. The number of fused-ring (bicyclic) bond motifs is 1. The molecule has 0 unspecified atom stereocenters. The summed E-state index contributed by atoms with van der Waals surface area (Å²) in [7, 11) is 4.42. The lowest BCUT2D eigenvalue weighted by Crippen LogP contribution is -2.38. The molecule has 30 heavy (non-hydrogen) atoms. The highest BCUT2D eigenvalue weighted by atomic mass is 16.5. The summed E-state index contributed by atoms with van der Waals surface area (Å²) in [6.07, 6.45) is 2.80. The van der Waals surface area contributed by atoms with Crippen molar-refractivity contribution in [3.8, 4) is 11.5 Å². The van der Waals surface area contributed by atoms with Gasteiger partial charge in [0.25, 0.3) is 11.5 Å². The number of hydrogen-bond donors (Lipinski definition) is 1. The lowest BCUT2D eigenvalue weighted by Gasteiger charge is -2.09. The third-order valence-corrected chi connectivity index (χ3v) is 4.42. The average molecular weight is 414 g/mol. The predicted octanol–water partition coefficient (Wildman–Crippen LogP) is -0.00870. The Balaban J connectivity index is 1.74. The molecule has 0 aliphatic rings. The van der Waals surface area contributed by atoms with Crippen LogP contribution in [0, 0.1) is 0 Å². The number of benzene rings is 1. The maximum atomic E-state index is 12.4. The average Bonchev–Trinajstić information content (AvgIpc) is 3.15. The van der Waals surface area contributed by atoms with E-state index < -0.39 is 17.2 Å². The van der Waals surface area contributed by atoms with Crippen molar-refractivity contribution in [2.75, 3.05) is 13.7 Å². The zero-order valence-corrected chi connectivity index (χ0v) is 17.1. The van der Waals surface area contributed by atoms with Crippen LogP contribution in [0.4, 0.5) is 0 Å². The van der Waals surface area contributed by atoms with E-state index in [2.05, 4.69) is 15.5 Å². The molecule has 0 aliphatic carbocycles. The summed E-state index contributed by atoms with van der Waals surface area (Å²) >= 11 is 0. The second-order valence-corrected chi connectivity index (χ2v) is 6.39. The van der Waals surface area contributed by atoms with Gasteiger partial charge in [-0.3, -0.25) is 18.7 Å². The summed E-state index contributed by atoms with van der Waals surface area (Å²) in [5.41, 5.74) is 2.46. The van der Waals surface area contributed by atoms with Crippen LogP contribution in [0.25, 0.3) is 11.2 Å². The van der Waals surface area contributed by atoms with Gasteiger partial charge in [-0.15, -0.1) is 0 Å². The molecule has 1 amide bonds. The Morgan fingerprint density at radius 3 is 2.70 bits per heavy atom. The summed E-state index contributed by atoms with van der Waals surface area (Å²) in [5, 5.41) is 3.93. The molecule has 0 saturated heterocycles. The summed E-state index contributed by atoms with van der Waals surface area (Å²) in [6.45, 7) is 2.21. The Morgan fingerprint density at radius 1 is 1.23 bits per heavy atom. The van der Waals surface area contributed by atoms with Crippen molar-refractivity contribution < 1.29 is 14.3 Å². The largest absolute Gasteiger partial charge is 0.493 e. The molecule has 3 rings (SSSR count). The van der Waals surface area contributed by atoms with Gasteiger partial charge in [0, 0.05) is 14.1 Å². The zero-order valence-electron chi connectivity index (χ0n) is 17.1. The molecule has 11 heteroatoms. The molecule has 0 bridgehead atoms. The molecular formula is C19H22N6O5. The summed E-state index contributed by atoms with van der Waals surface area (Å²) in [6, 6.07) is 5.26. The first-order chi connectivity index (χ1) is 14.4. The maximum absolute atomic E-state index is 12.4. The summed E-state index contributed by atoms with van der Waals surface area (Å²) in [4.78, 5) is 40.7. The number of methoxy groups -OCH3 is 1. The minimum atomic E-state index is -0.525. The van der Waals surface area contributed by atoms with E-state index in [1.807, 2.05) is 6.92 Å². The molecular weight excluding hydrogens is 392 g/mol. The molecule has 0 aliphatic heterocycles. The molecule has 0 fully saturated rings. The highest BCUT2D eigenvalue weighted by Crippen LogP contribution is 2.27. The number of aromatic nitrogens is 4. The second kappa shape index (κ2) is 8.64. The van der Waals surface area contributed by atoms with Gasteiger partial charge in [-0.1, -0.05) is 0 Å². The Bertz CT molecular complexity index is 1240. The Hall–Kier alpha value is -3.89. The van der Waals surface area contributed by atoms with Crippen molar-refractivity contribution in [1.82, 2.24) is 24.1 Å². The van der Waals surface area contributed by atoms with E-state index in [9.17, 15) is 14.4 Å². The van der Waals surface area contributed by atoms with E-state index in [0.29, 0.717) is 23.7 Å². The van der Waals surface area contributed by atoms with Crippen molar-refractivity contribution in [2.45, 2.75) is 13.5 Å². The number of amides is 1. The van der Waals surface area contributed by atoms with Crippen LogP contribution in [0.1, 0.15) is 12.5 Å². The van der Waals surface area contributed by atoms with E-state index in [0.717, 1.165) is 4.57 Å². The van der Waals surface area contributed by atoms with Crippen LogP contribution in [0.15, 0.2) is 39.2 Å². The van der Waals surface area contributed by atoms with E-state index in [-0.39, 0.29) is 17.7 Å². The minimum absolute atomic E-state index is 0.162. The van der Waals surface area contributed by atoms with Gasteiger partial charge in [0.15, 0.2) is 22.7 Å². The van der Waals surface area contributed by atoms with Gasteiger partial charge in [0.2, 0.25) is 0 Å². The number of imidazole rings is 1. The van der Waals surface area contributed by atoms with E-state index in [1.165, 1.54) is 42.9 Å². The maximum Gasteiger partial charge on any atom is 0.332 e. The van der Waals surface area contributed by atoms with Crippen molar-refractivity contribution in [3.63, 3.8) is 0 Å². The number of rotatable bonds is 7. The van der Waals surface area contributed by atoms with Gasteiger partial charge in [-0.05, 0) is 30.7 Å². The number of carbonyl (C=O) groups excluding carboxylic acids is 1. The SMILES string of the molecule is CCOc1ccc(C=NNC(=O)Cn2cnc3c2c(=O)n(C)c(=O)n3C)cc1OC. The Morgan fingerprint density at radius 2 is 2.00 bits per heavy atom. The van der Waals surface area contributed by atoms with E-state index in [1.54, 1.807) is 18.2 Å². The molecule has 0 atom stereocenters. The quantitative estimate of drug-likeness (QED) is 0.429. The zero-order chi connectivity index (χ0) is 21.8. The molecule has 0 saturated carbocycles. The van der Waals surface area contributed by atoms with Crippen molar-refractivity contribution in [1.29, 1.82) is 0 Å². The van der Waals surface area contributed by atoms with Crippen molar-refractivity contribution in [3.05, 3.63) is 50.9 Å². The molecule has 2 heterocycles. The molecule has 1 N–H and O–H groups in total. The van der Waals surface area contributed by atoms with Crippen LogP contribution in [-0.4, -0.2) is 44.5 Å². The Labute approximate surface area is 171 Å². The van der Waals surface area contributed by atoms with E-state index in [4.69, 9.17) is 9.47 Å². The lowest BCUT2D eigenvalue weighted by atomic mass is 10.2. The molecule has 3 aromatic rings. The number of aryl methyl sites for hydroxylation is 1. The third-order valence-electron chi connectivity index (χ3n) is 4.42. The van der Waals surface area contributed by atoms with Crippen LogP contribution in [-0.2, 0) is 25.4 Å². The normalized spacial score (nSPS) is 11.2. The standard InChI is InChI=1S/C19H22N6O5/c1-5-30-13-7-6-12(8-14(13)29-4)9-21-22-15(26)10-25-11-20-17-16(25)18(27)24(3)19(28)23(17)2/h6-9,11H,5,10H2,1-4H3,(H,22,26). The number of hydrazone groups is 1. The molecule has 11 nitrogen and oxygen atoms in total. The van der Waals surface area contributed by atoms with Crippen molar-refractivity contribution >= 4 is 23.3 Å². The van der Waals surface area contributed by atoms with Crippen molar-refractivity contribution in [2.24, 2.45) is 19.2 Å².